The van der Waals surface area contributed by atoms with Crippen LogP contribution in [0.5, 0.6) is 0 Å². The van der Waals surface area contributed by atoms with Gasteiger partial charge in [-0.15, -0.1) is 0 Å². The molecule has 3 N–H and O–H groups in total. The van der Waals surface area contributed by atoms with Crippen LogP contribution in [0.25, 0.3) is 11.5 Å². The SMILES string of the molecule is CC(C)(C)NC[C@H](O)c1cccc(-c2ncc[nH]2)n1. The minimum Gasteiger partial charge on any atom is -0.385 e. The van der Waals surface area contributed by atoms with E-state index in [9.17, 15) is 5.11 Å². The highest BCUT2D eigenvalue weighted by atomic mass is 16.3. The minimum absolute atomic E-state index is 0.0282. The third-order valence-electron chi connectivity index (χ3n) is 2.68. The van der Waals surface area contributed by atoms with Gasteiger partial charge in [0.25, 0.3) is 0 Å². The highest BCUT2D eigenvalue weighted by Gasteiger charge is 2.15. The van der Waals surface area contributed by atoms with E-state index in [2.05, 4.69) is 41.0 Å². The van der Waals surface area contributed by atoms with Crippen molar-refractivity contribution in [2.24, 2.45) is 0 Å². The second kappa shape index (κ2) is 5.50. The molecular formula is C14H20N4O. The van der Waals surface area contributed by atoms with Crippen LogP contribution in [-0.2, 0) is 0 Å². The molecule has 0 fully saturated rings. The normalized spacial score (nSPS) is 13.5. The van der Waals surface area contributed by atoms with Crippen LogP contribution >= 0.6 is 0 Å². The topological polar surface area (TPSA) is 73.8 Å². The lowest BCUT2D eigenvalue weighted by molar-refractivity contribution is 0.159. The number of aromatic nitrogens is 3. The van der Waals surface area contributed by atoms with Gasteiger partial charge < -0.3 is 15.4 Å². The van der Waals surface area contributed by atoms with Gasteiger partial charge in [0.1, 0.15) is 11.8 Å². The zero-order valence-corrected chi connectivity index (χ0v) is 11.5. The number of aliphatic hydroxyl groups is 1. The van der Waals surface area contributed by atoms with E-state index in [1.54, 1.807) is 12.4 Å². The number of hydrogen-bond donors (Lipinski definition) is 3. The molecule has 0 aliphatic heterocycles. The molecular weight excluding hydrogens is 240 g/mol. The van der Waals surface area contributed by atoms with Crippen LogP contribution in [0.4, 0.5) is 0 Å². The number of aromatic amines is 1. The number of H-pyrrole nitrogens is 1. The summed E-state index contributed by atoms with van der Waals surface area (Å²) in [5, 5.41) is 13.4. The van der Waals surface area contributed by atoms with E-state index >= 15 is 0 Å². The van der Waals surface area contributed by atoms with Crippen molar-refractivity contribution >= 4 is 0 Å². The molecule has 5 nitrogen and oxygen atoms in total. The van der Waals surface area contributed by atoms with E-state index in [1.807, 2.05) is 18.2 Å². The van der Waals surface area contributed by atoms with Crippen molar-refractivity contribution in [2.45, 2.75) is 32.4 Å². The molecule has 0 spiro atoms. The Balaban J connectivity index is 2.10. The van der Waals surface area contributed by atoms with Crippen molar-refractivity contribution in [2.75, 3.05) is 6.54 Å². The lowest BCUT2D eigenvalue weighted by Crippen LogP contribution is -2.38. The first-order chi connectivity index (χ1) is 8.96. The molecule has 0 bridgehead atoms. The Bertz CT molecular complexity index is 516. The zero-order chi connectivity index (χ0) is 13.9. The highest BCUT2D eigenvalue weighted by molar-refractivity contribution is 5.48. The Labute approximate surface area is 113 Å². The van der Waals surface area contributed by atoms with E-state index in [0.717, 1.165) is 5.69 Å². The number of hydrogen-bond acceptors (Lipinski definition) is 4. The average Bonchev–Trinajstić information content (AvgIpc) is 2.89. The second-order valence-electron chi connectivity index (χ2n) is 5.53. The van der Waals surface area contributed by atoms with E-state index in [4.69, 9.17) is 0 Å². The van der Waals surface area contributed by atoms with Crippen molar-refractivity contribution in [3.8, 4) is 11.5 Å². The number of nitrogens with one attached hydrogen (secondary N) is 2. The van der Waals surface area contributed by atoms with E-state index in [0.29, 0.717) is 18.1 Å². The number of rotatable bonds is 4. The van der Waals surface area contributed by atoms with Crippen LogP contribution in [-0.4, -0.2) is 32.1 Å². The summed E-state index contributed by atoms with van der Waals surface area (Å²) in [7, 11) is 0. The van der Waals surface area contributed by atoms with Crippen molar-refractivity contribution in [3.63, 3.8) is 0 Å². The van der Waals surface area contributed by atoms with Crippen LogP contribution in [0, 0.1) is 0 Å². The Kier molecular flexibility index (Phi) is 3.97. The van der Waals surface area contributed by atoms with E-state index < -0.39 is 6.10 Å². The van der Waals surface area contributed by atoms with E-state index in [-0.39, 0.29) is 5.54 Å². The smallest absolute Gasteiger partial charge is 0.155 e. The molecule has 2 aromatic heterocycles. The highest BCUT2D eigenvalue weighted by Crippen LogP contribution is 2.16. The number of pyridine rings is 1. The molecule has 0 aliphatic carbocycles. The fourth-order valence-electron chi connectivity index (χ4n) is 1.68. The van der Waals surface area contributed by atoms with Gasteiger partial charge in [-0.05, 0) is 32.9 Å². The van der Waals surface area contributed by atoms with Crippen molar-refractivity contribution in [1.82, 2.24) is 20.3 Å². The minimum atomic E-state index is -0.630. The van der Waals surface area contributed by atoms with Gasteiger partial charge in [0, 0.05) is 24.5 Å². The average molecular weight is 260 g/mol. The molecule has 0 aliphatic rings. The van der Waals surface area contributed by atoms with E-state index in [1.165, 1.54) is 0 Å². The van der Waals surface area contributed by atoms with Crippen molar-refractivity contribution < 1.29 is 5.11 Å². The summed E-state index contributed by atoms with van der Waals surface area (Å²) in [6.45, 7) is 6.66. The molecule has 0 aromatic carbocycles. The Morgan fingerprint density at radius 2 is 2.16 bits per heavy atom. The summed E-state index contributed by atoms with van der Waals surface area (Å²) >= 11 is 0. The number of aliphatic hydroxyl groups excluding tert-OH is 1. The summed E-state index contributed by atoms with van der Waals surface area (Å²) in [5.74, 6) is 0.706. The third kappa shape index (κ3) is 3.87. The summed E-state index contributed by atoms with van der Waals surface area (Å²) in [4.78, 5) is 11.6. The number of imidazole rings is 1. The largest absolute Gasteiger partial charge is 0.385 e. The van der Waals surface area contributed by atoms with Gasteiger partial charge in [0.05, 0.1) is 5.69 Å². The maximum absolute atomic E-state index is 10.2. The molecule has 2 rings (SSSR count). The lowest BCUT2D eigenvalue weighted by Gasteiger charge is -2.22. The first kappa shape index (κ1) is 13.7. The first-order valence-corrected chi connectivity index (χ1v) is 6.35. The molecule has 2 aromatic rings. The Hall–Kier alpha value is -1.72. The molecule has 0 saturated carbocycles. The van der Waals surface area contributed by atoms with Gasteiger partial charge in [-0.1, -0.05) is 6.07 Å². The van der Waals surface area contributed by atoms with Crippen molar-refractivity contribution in [1.29, 1.82) is 0 Å². The van der Waals surface area contributed by atoms with Gasteiger partial charge in [0.15, 0.2) is 5.82 Å². The third-order valence-corrected chi connectivity index (χ3v) is 2.68. The fourth-order valence-corrected chi connectivity index (χ4v) is 1.68. The van der Waals surface area contributed by atoms with Gasteiger partial charge in [-0.3, -0.25) is 0 Å². The molecule has 19 heavy (non-hydrogen) atoms. The van der Waals surface area contributed by atoms with Crippen LogP contribution in [0.1, 0.15) is 32.6 Å². The first-order valence-electron chi connectivity index (χ1n) is 6.35. The molecule has 0 saturated heterocycles. The molecule has 1 atom stereocenters. The van der Waals surface area contributed by atoms with Crippen LogP contribution in [0.15, 0.2) is 30.6 Å². The van der Waals surface area contributed by atoms with Crippen LogP contribution < -0.4 is 5.32 Å². The monoisotopic (exact) mass is 260 g/mol. The second-order valence-corrected chi connectivity index (χ2v) is 5.53. The predicted molar refractivity (Wildman–Crippen MR) is 74.5 cm³/mol. The molecule has 2 heterocycles. The van der Waals surface area contributed by atoms with Gasteiger partial charge in [0.2, 0.25) is 0 Å². The lowest BCUT2D eigenvalue weighted by atomic mass is 10.1. The Morgan fingerprint density at radius 1 is 1.37 bits per heavy atom. The Morgan fingerprint density at radius 3 is 2.79 bits per heavy atom. The molecule has 102 valence electrons. The molecule has 0 radical (unpaired) electrons. The molecule has 0 amide bonds. The number of nitrogens with zero attached hydrogens (tertiary/aromatic N) is 2. The summed E-state index contributed by atoms with van der Waals surface area (Å²) in [6.07, 6.45) is 2.80. The van der Waals surface area contributed by atoms with Crippen LogP contribution in [0.2, 0.25) is 0 Å². The molecule has 0 unspecified atom stereocenters. The quantitative estimate of drug-likeness (QED) is 0.785. The zero-order valence-electron chi connectivity index (χ0n) is 11.5. The maximum atomic E-state index is 10.2. The van der Waals surface area contributed by atoms with Gasteiger partial charge in [-0.2, -0.15) is 0 Å². The fraction of sp³-hybridized carbons (Fsp3) is 0.429. The van der Waals surface area contributed by atoms with Gasteiger partial charge in [-0.25, -0.2) is 9.97 Å². The van der Waals surface area contributed by atoms with Crippen molar-refractivity contribution in [3.05, 3.63) is 36.3 Å². The van der Waals surface area contributed by atoms with Crippen LogP contribution in [0.3, 0.4) is 0 Å². The predicted octanol–water partition coefficient (Wildman–Crippen LogP) is 1.89. The molecule has 5 heteroatoms. The van der Waals surface area contributed by atoms with Gasteiger partial charge >= 0.3 is 0 Å². The summed E-state index contributed by atoms with van der Waals surface area (Å²) in [5.41, 5.74) is 1.35. The number of β-amino-alcohol motifs (C(OH)–C–C–N with tert-alkyl or cyclic N) is 1. The maximum Gasteiger partial charge on any atom is 0.155 e. The standard InChI is InChI=1S/C14H20N4O/c1-14(2,3)17-9-12(19)10-5-4-6-11(18-10)13-15-7-8-16-13/h4-8,12,17,19H,9H2,1-3H3,(H,15,16)/t12-/m0/s1. The summed E-state index contributed by atoms with van der Waals surface area (Å²) in [6, 6.07) is 5.56. The summed E-state index contributed by atoms with van der Waals surface area (Å²) < 4.78 is 0.